The minimum atomic E-state index is -3.21. The first kappa shape index (κ1) is 17.0. The molecule has 2 aromatic rings. The van der Waals surface area contributed by atoms with Gasteiger partial charge in [-0.15, -0.1) is 0 Å². The van der Waals surface area contributed by atoms with Crippen LogP contribution in [0.1, 0.15) is 24.1 Å². The quantitative estimate of drug-likeness (QED) is 0.884. The van der Waals surface area contributed by atoms with E-state index in [2.05, 4.69) is 10.6 Å². The van der Waals surface area contributed by atoms with Crippen LogP contribution in [-0.2, 0) is 16.4 Å². The summed E-state index contributed by atoms with van der Waals surface area (Å²) < 4.78 is 22.9. The number of carbonyl (C=O) groups is 1. The number of rotatable bonds is 5. The van der Waals surface area contributed by atoms with Gasteiger partial charge in [-0.05, 0) is 30.2 Å². The van der Waals surface area contributed by atoms with E-state index in [-0.39, 0.29) is 17.0 Å². The molecule has 2 aromatic carbocycles. The van der Waals surface area contributed by atoms with Gasteiger partial charge in [0.1, 0.15) is 0 Å². The lowest BCUT2D eigenvalue weighted by atomic mass is 10.1. The first-order valence-corrected chi connectivity index (χ1v) is 9.14. The Morgan fingerprint density at radius 1 is 1.04 bits per heavy atom. The first-order valence-electron chi connectivity index (χ1n) is 7.24. The van der Waals surface area contributed by atoms with E-state index in [1.54, 1.807) is 24.3 Å². The van der Waals surface area contributed by atoms with Crippen molar-refractivity contribution < 1.29 is 13.2 Å². The van der Waals surface area contributed by atoms with Gasteiger partial charge in [0.2, 0.25) is 0 Å². The van der Waals surface area contributed by atoms with Crippen molar-refractivity contribution in [3.8, 4) is 0 Å². The second-order valence-electron chi connectivity index (χ2n) is 5.38. The number of hydrogen-bond donors (Lipinski definition) is 2. The lowest BCUT2D eigenvalue weighted by Crippen LogP contribution is -2.36. The maximum absolute atomic E-state index is 11.9. The van der Waals surface area contributed by atoms with E-state index in [4.69, 9.17) is 0 Å². The van der Waals surface area contributed by atoms with Crippen molar-refractivity contribution in [1.29, 1.82) is 0 Å². The van der Waals surface area contributed by atoms with Gasteiger partial charge in [0, 0.05) is 12.8 Å². The van der Waals surface area contributed by atoms with Gasteiger partial charge >= 0.3 is 6.03 Å². The van der Waals surface area contributed by atoms with Gasteiger partial charge in [-0.1, -0.05) is 42.5 Å². The highest BCUT2D eigenvalue weighted by Crippen LogP contribution is 2.16. The molecule has 0 saturated heterocycles. The van der Waals surface area contributed by atoms with Crippen LogP contribution in [0.25, 0.3) is 0 Å². The normalized spacial score (nSPS) is 12.4. The SMILES string of the molecule is CC(NC(=O)NCc1ccccc1)c1ccc(S(C)(=O)=O)cc1. The van der Waals surface area contributed by atoms with Gasteiger partial charge in [0.15, 0.2) is 9.84 Å². The molecule has 0 aliphatic rings. The molecule has 0 bridgehead atoms. The molecule has 0 aromatic heterocycles. The second kappa shape index (κ2) is 7.28. The third-order valence-electron chi connectivity index (χ3n) is 3.45. The predicted molar refractivity (Wildman–Crippen MR) is 89.8 cm³/mol. The fourth-order valence-electron chi connectivity index (χ4n) is 2.11. The number of amides is 2. The summed E-state index contributed by atoms with van der Waals surface area (Å²) in [5.74, 6) is 0. The predicted octanol–water partition coefficient (Wildman–Crippen LogP) is 2.65. The topological polar surface area (TPSA) is 75.3 Å². The minimum absolute atomic E-state index is 0.223. The minimum Gasteiger partial charge on any atom is -0.334 e. The zero-order valence-corrected chi connectivity index (χ0v) is 13.9. The molecule has 122 valence electrons. The Bertz CT molecular complexity index is 756. The molecule has 6 heteroatoms. The van der Waals surface area contributed by atoms with E-state index >= 15 is 0 Å². The highest BCUT2D eigenvalue weighted by molar-refractivity contribution is 7.90. The van der Waals surface area contributed by atoms with Crippen molar-refractivity contribution in [1.82, 2.24) is 10.6 Å². The fraction of sp³-hybridized carbons (Fsp3) is 0.235. The van der Waals surface area contributed by atoms with Crippen molar-refractivity contribution in [2.24, 2.45) is 0 Å². The second-order valence-corrected chi connectivity index (χ2v) is 7.39. The van der Waals surface area contributed by atoms with Crippen LogP contribution in [0, 0.1) is 0 Å². The summed E-state index contributed by atoms with van der Waals surface area (Å²) in [6, 6.07) is 15.6. The van der Waals surface area contributed by atoms with E-state index in [1.165, 1.54) is 6.26 Å². The number of urea groups is 1. The lowest BCUT2D eigenvalue weighted by molar-refractivity contribution is 0.237. The van der Waals surface area contributed by atoms with Crippen LogP contribution in [0.2, 0.25) is 0 Å². The van der Waals surface area contributed by atoms with Crippen LogP contribution in [0.3, 0.4) is 0 Å². The Kier molecular flexibility index (Phi) is 5.39. The van der Waals surface area contributed by atoms with E-state index < -0.39 is 9.84 Å². The van der Waals surface area contributed by atoms with Gasteiger partial charge in [-0.25, -0.2) is 13.2 Å². The zero-order chi connectivity index (χ0) is 16.9. The van der Waals surface area contributed by atoms with Crippen LogP contribution >= 0.6 is 0 Å². The molecule has 0 fully saturated rings. The maximum atomic E-state index is 11.9. The summed E-state index contributed by atoms with van der Waals surface area (Å²) in [6.45, 7) is 2.30. The van der Waals surface area contributed by atoms with Crippen molar-refractivity contribution in [2.75, 3.05) is 6.26 Å². The van der Waals surface area contributed by atoms with Gasteiger partial charge in [-0.2, -0.15) is 0 Å². The zero-order valence-electron chi connectivity index (χ0n) is 13.1. The van der Waals surface area contributed by atoms with Gasteiger partial charge in [0.05, 0.1) is 10.9 Å². The smallest absolute Gasteiger partial charge is 0.315 e. The number of hydrogen-bond acceptors (Lipinski definition) is 3. The standard InChI is InChI=1S/C17H20N2O3S/c1-13(15-8-10-16(11-9-15)23(2,21)22)19-17(20)18-12-14-6-4-3-5-7-14/h3-11,13H,12H2,1-2H3,(H2,18,19,20). The van der Waals surface area contributed by atoms with E-state index in [9.17, 15) is 13.2 Å². The molecule has 23 heavy (non-hydrogen) atoms. The summed E-state index contributed by atoms with van der Waals surface area (Å²) in [5, 5.41) is 5.61. The molecule has 0 radical (unpaired) electrons. The average molecular weight is 332 g/mol. The van der Waals surface area contributed by atoms with Crippen LogP contribution in [0.4, 0.5) is 4.79 Å². The molecule has 0 saturated carbocycles. The lowest BCUT2D eigenvalue weighted by Gasteiger charge is -2.15. The Balaban J connectivity index is 1.90. The number of nitrogens with one attached hydrogen (secondary N) is 2. The summed E-state index contributed by atoms with van der Waals surface area (Å²) in [5.41, 5.74) is 1.86. The molecule has 2 N–H and O–H groups in total. The molecule has 1 unspecified atom stereocenters. The van der Waals surface area contributed by atoms with Crippen LogP contribution in [-0.4, -0.2) is 20.7 Å². The number of benzene rings is 2. The number of carbonyl (C=O) groups excluding carboxylic acids is 1. The van der Waals surface area contributed by atoms with E-state index in [0.29, 0.717) is 6.54 Å². The summed E-state index contributed by atoms with van der Waals surface area (Å²) in [4.78, 5) is 12.2. The fourth-order valence-corrected chi connectivity index (χ4v) is 2.74. The highest BCUT2D eigenvalue weighted by Gasteiger charge is 2.11. The van der Waals surface area contributed by atoms with Gasteiger partial charge in [-0.3, -0.25) is 0 Å². The number of sulfone groups is 1. The molecular weight excluding hydrogens is 312 g/mol. The monoisotopic (exact) mass is 332 g/mol. The van der Waals surface area contributed by atoms with Gasteiger partial charge < -0.3 is 10.6 Å². The molecular formula is C17H20N2O3S. The maximum Gasteiger partial charge on any atom is 0.315 e. The summed E-state index contributed by atoms with van der Waals surface area (Å²) >= 11 is 0. The molecule has 2 amide bonds. The van der Waals surface area contributed by atoms with Crippen LogP contribution in [0.15, 0.2) is 59.5 Å². The third-order valence-corrected chi connectivity index (χ3v) is 4.58. The average Bonchev–Trinajstić information content (AvgIpc) is 2.53. The van der Waals surface area contributed by atoms with Crippen molar-refractivity contribution in [3.05, 3.63) is 65.7 Å². The van der Waals surface area contributed by atoms with Crippen molar-refractivity contribution >= 4 is 15.9 Å². The third kappa shape index (κ3) is 5.10. The summed E-state index contributed by atoms with van der Waals surface area (Å²) in [7, 11) is -3.21. The van der Waals surface area contributed by atoms with Crippen LogP contribution in [0.5, 0.6) is 0 Å². The largest absolute Gasteiger partial charge is 0.334 e. The Morgan fingerprint density at radius 2 is 1.65 bits per heavy atom. The molecule has 0 aliphatic heterocycles. The Morgan fingerprint density at radius 3 is 2.22 bits per heavy atom. The van der Waals surface area contributed by atoms with Gasteiger partial charge in [0.25, 0.3) is 0 Å². The molecule has 0 heterocycles. The molecule has 0 aliphatic carbocycles. The van der Waals surface area contributed by atoms with Crippen LogP contribution < -0.4 is 10.6 Å². The van der Waals surface area contributed by atoms with E-state index in [0.717, 1.165) is 11.1 Å². The summed E-state index contributed by atoms with van der Waals surface area (Å²) in [6.07, 6.45) is 1.17. The Labute approximate surface area is 136 Å². The Hall–Kier alpha value is -2.34. The molecule has 1 atom stereocenters. The first-order chi connectivity index (χ1) is 10.9. The van der Waals surface area contributed by atoms with Crippen molar-refractivity contribution in [3.63, 3.8) is 0 Å². The highest BCUT2D eigenvalue weighted by atomic mass is 32.2. The molecule has 5 nitrogen and oxygen atoms in total. The molecule has 2 rings (SSSR count). The molecule has 0 spiro atoms. The van der Waals surface area contributed by atoms with E-state index in [1.807, 2.05) is 37.3 Å². The van der Waals surface area contributed by atoms with Crippen molar-refractivity contribution in [2.45, 2.75) is 24.4 Å².